The number of nitrogens with zero attached hydrogens (tertiary/aromatic N) is 7. The van der Waals surface area contributed by atoms with Crippen molar-refractivity contribution < 1.29 is 45.8 Å². The normalized spacial score (nSPS) is 20.7. The average molecular weight is 1030 g/mol. The summed E-state index contributed by atoms with van der Waals surface area (Å²) in [4.78, 5) is 47.7. The lowest BCUT2D eigenvalue weighted by Gasteiger charge is -2.46. The number of phenols is 1. The van der Waals surface area contributed by atoms with E-state index in [1.54, 1.807) is 13.3 Å². The van der Waals surface area contributed by atoms with E-state index in [-0.39, 0.29) is 47.4 Å². The molecule has 5 N–H and O–H groups in total. The highest BCUT2D eigenvalue weighted by molar-refractivity contribution is 5.92. The fourth-order valence-corrected chi connectivity index (χ4v) is 10.5. The molecule has 3 aromatic carbocycles. The second-order valence-electron chi connectivity index (χ2n) is 19.2. The van der Waals surface area contributed by atoms with Crippen LogP contribution < -0.4 is 26.0 Å². The van der Waals surface area contributed by atoms with E-state index in [1.807, 2.05) is 30.5 Å². The van der Waals surface area contributed by atoms with Gasteiger partial charge in [-0.1, -0.05) is 18.2 Å². The number of carbonyl (C=O) groups excluding carboxylic acids is 2. The number of para-hydroxylation sites is 1. The van der Waals surface area contributed by atoms with Gasteiger partial charge in [-0.15, -0.1) is 0 Å². The van der Waals surface area contributed by atoms with Crippen molar-refractivity contribution in [3.8, 4) is 11.5 Å². The minimum Gasteiger partial charge on any atom is -0.508 e. The van der Waals surface area contributed by atoms with Crippen molar-refractivity contribution in [2.45, 2.75) is 99.7 Å². The number of halogens is 6. The summed E-state index contributed by atoms with van der Waals surface area (Å²) in [6, 6.07) is 18.4. The standard InChI is InChI=1S/C26H29F3N6O2.C16H24N2O.C11H8F3N3O/c1-37-23-11-30-9-8-20(23)16-2-5-19(6-3-16)35-13-18(14-35)34-24(36)12-31-25-21-10-17(26(27,28)29)4-7-22(21)32-15-33-25;1-17-13-10-18(11-13)14-8-6-12(7-9-14)15-4-2-3-5-16(15)19;12-11(13,14)7-1-2-9-8(5-7)10(15-3-4-18)17-6-16-9/h4,7-11,15-16,18-19H,2-3,5-6,12-14H2,1H3,(H,34,36)(H,31,32,33);2-5,12-14,17,19H,6-11H2,1H3;1-2,4-6H,3H2,(H,15,16,17). The van der Waals surface area contributed by atoms with Crippen LogP contribution in [0.25, 0.3) is 21.8 Å². The number of carbonyl (C=O) groups is 2. The van der Waals surface area contributed by atoms with Crippen molar-refractivity contribution in [3.63, 3.8) is 0 Å². The van der Waals surface area contributed by atoms with Gasteiger partial charge in [-0.05, 0) is 124 Å². The summed E-state index contributed by atoms with van der Waals surface area (Å²) in [5, 5.41) is 22.2. The number of aromatic nitrogens is 5. The van der Waals surface area contributed by atoms with Gasteiger partial charge in [-0.25, -0.2) is 19.9 Å². The minimum atomic E-state index is -4.47. The van der Waals surface area contributed by atoms with Crippen LogP contribution in [0.1, 0.15) is 85.5 Å². The SMILES string of the molecule is CNC1CN(C2CCC(c3ccccc3O)CC2)C1.COc1cnccc1C1CCC(N2CC(NC(=O)CNc3ncnc4ccc(C(F)(F)F)cc34)C2)CC1.O=CCNc1ncnc2ccc(C(F)(F)F)cc12. The molecule has 0 spiro atoms. The van der Waals surface area contributed by atoms with Gasteiger partial charge in [0, 0.05) is 66.8 Å². The van der Waals surface area contributed by atoms with E-state index in [0.717, 1.165) is 80.4 Å². The second kappa shape index (κ2) is 24.1. The first kappa shape index (κ1) is 53.6. The molecule has 0 bridgehead atoms. The third kappa shape index (κ3) is 13.3. The van der Waals surface area contributed by atoms with Crippen LogP contribution in [0.4, 0.5) is 38.0 Å². The van der Waals surface area contributed by atoms with Gasteiger partial charge in [0.1, 0.15) is 42.1 Å². The van der Waals surface area contributed by atoms with Crippen molar-refractivity contribution >= 4 is 45.6 Å². The van der Waals surface area contributed by atoms with Gasteiger partial charge in [0.05, 0.1) is 54.6 Å². The number of amides is 1. The lowest BCUT2D eigenvalue weighted by molar-refractivity contribution is -0.138. The number of hydrogen-bond donors (Lipinski definition) is 5. The van der Waals surface area contributed by atoms with Crippen LogP contribution in [0.5, 0.6) is 11.5 Å². The maximum Gasteiger partial charge on any atom is 0.416 e. The van der Waals surface area contributed by atoms with Crippen LogP contribution in [-0.4, -0.2) is 130 Å². The van der Waals surface area contributed by atoms with Gasteiger partial charge >= 0.3 is 12.4 Å². The summed E-state index contributed by atoms with van der Waals surface area (Å²) in [7, 11) is 3.73. The number of methoxy groups -OCH3 is 1. The first-order valence-electron chi connectivity index (χ1n) is 24.9. The van der Waals surface area contributed by atoms with Crippen molar-refractivity contribution in [3.05, 3.63) is 114 Å². The molecule has 5 heterocycles. The monoisotopic (exact) mass is 1030 g/mol. The summed E-state index contributed by atoms with van der Waals surface area (Å²) < 4.78 is 82.5. The number of rotatable bonds is 13. The van der Waals surface area contributed by atoms with E-state index in [4.69, 9.17) is 4.74 Å². The molecule has 74 heavy (non-hydrogen) atoms. The minimum absolute atomic E-state index is 0.0254. The highest BCUT2D eigenvalue weighted by Crippen LogP contribution is 2.41. The quantitative estimate of drug-likeness (QED) is 0.0548. The summed E-state index contributed by atoms with van der Waals surface area (Å²) in [6.45, 7) is 3.90. The predicted octanol–water partition coefficient (Wildman–Crippen LogP) is 8.57. The molecule has 0 radical (unpaired) electrons. The van der Waals surface area contributed by atoms with E-state index >= 15 is 0 Å². The maximum absolute atomic E-state index is 13.1. The van der Waals surface area contributed by atoms with Crippen LogP contribution in [0, 0.1) is 0 Å². The molecule has 0 atom stereocenters. The number of aldehydes is 1. The highest BCUT2D eigenvalue weighted by Gasteiger charge is 2.37. The highest BCUT2D eigenvalue weighted by atomic mass is 19.4. The number of aromatic hydroxyl groups is 1. The summed E-state index contributed by atoms with van der Waals surface area (Å²) in [5.74, 6) is 2.53. The van der Waals surface area contributed by atoms with Gasteiger partial charge in [0.2, 0.25) is 5.91 Å². The zero-order valence-electron chi connectivity index (χ0n) is 41.2. The van der Waals surface area contributed by atoms with Crippen LogP contribution >= 0.6 is 0 Å². The Bertz CT molecular complexity index is 2830. The Morgan fingerprint density at radius 2 is 1.23 bits per heavy atom. The largest absolute Gasteiger partial charge is 0.508 e. The molecule has 2 aliphatic carbocycles. The van der Waals surface area contributed by atoms with Crippen LogP contribution in [0.2, 0.25) is 0 Å². The molecule has 2 saturated carbocycles. The van der Waals surface area contributed by atoms with Gasteiger partial charge < -0.3 is 35.9 Å². The number of fused-ring (bicyclic) bond motifs is 2. The van der Waals surface area contributed by atoms with E-state index < -0.39 is 23.5 Å². The van der Waals surface area contributed by atoms with E-state index in [9.17, 15) is 41.0 Å². The van der Waals surface area contributed by atoms with Crippen molar-refractivity contribution in [1.29, 1.82) is 0 Å². The fourth-order valence-electron chi connectivity index (χ4n) is 10.5. The lowest BCUT2D eigenvalue weighted by atomic mass is 9.80. The topological polar surface area (TPSA) is 183 Å². The second-order valence-corrected chi connectivity index (χ2v) is 19.2. The lowest BCUT2D eigenvalue weighted by Crippen LogP contribution is -2.63. The van der Waals surface area contributed by atoms with Crippen molar-refractivity contribution in [2.75, 3.05) is 64.1 Å². The number of likely N-dealkylation sites (tertiary alicyclic amines) is 2. The molecule has 394 valence electrons. The smallest absolute Gasteiger partial charge is 0.416 e. The molecule has 21 heteroatoms. The number of ether oxygens (including phenoxy) is 1. The molecule has 0 unspecified atom stereocenters. The van der Waals surface area contributed by atoms with Gasteiger partial charge in [0.15, 0.2) is 0 Å². The molecule has 4 fully saturated rings. The molecule has 6 aromatic rings. The van der Waals surface area contributed by atoms with Crippen molar-refractivity contribution in [2.24, 2.45) is 0 Å². The fraction of sp³-hybridized carbons (Fsp3) is 0.453. The molecular formula is C53H61F6N11O4. The Labute approximate surface area is 424 Å². The third-order valence-electron chi connectivity index (χ3n) is 14.6. The van der Waals surface area contributed by atoms with Gasteiger partial charge in [-0.3, -0.25) is 19.6 Å². The summed E-state index contributed by atoms with van der Waals surface area (Å²) in [5.41, 5.74) is 1.56. The van der Waals surface area contributed by atoms with Crippen LogP contribution in [0.15, 0.2) is 91.8 Å². The Morgan fingerprint density at radius 3 is 1.74 bits per heavy atom. The van der Waals surface area contributed by atoms with Crippen molar-refractivity contribution in [1.82, 2.24) is 45.4 Å². The first-order valence-corrected chi connectivity index (χ1v) is 24.9. The Balaban J connectivity index is 0.000000165. The number of benzene rings is 3. The van der Waals surface area contributed by atoms with E-state index in [1.165, 1.54) is 69.1 Å². The van der Waals surface area contributed by atoms with E-state index in [2.05, 4.69) is 69.1 Å². The summed E-state index contributed by atoms with van der Waals surface area (Å²) in [6.07, 6.45) is 7.11. The number of nitrogens with one attached hydrogen (secondary N) is 4. The molecule has 10 rings (SSSR count). The maximum atomic E-state index is 13.1. The number of pyridine rings is 1. The van der Waals surface area contributed by atoms with Gasteiger partial charge in [0.25, 0.3) is 0 Å². The number of phenolic OH excluding ortho intramolecular Hbond substituents is 1. The predicted molar refractivity (Wildman–Crippen MR) is 269 cm³/mol. The van der Waals surface area contributed by atoms with Crippen LogP contribution in [0.3, 0.4) is 0 Å². The average Bonchev–Trinajstić information content (AvgIpc) is 3.38. The zero-order chi connectivity index (χ0) is 52.4. The molecular weight excluding hydrogens is 969 g/mol. The summed E-state index contributed by atoms with van der Waals surface area (Å²) >= 11 is 0. The Hall–Kier alpha value is -6.71. The number of anilines is 2. The molecule has 2 aliphatic heterocycles. The number of likely N-dealkylation sites (N-methyl/N-ethyl adjacent to an activating group) is 1. The number of hydrogen-bond acceptors (Lipinski definition) is 14. The van der Waals surface area contributed by atoms with Gasteiger partial charge in [-0.2, -0.15) is 26.3 Å². The Morgan fingerprint density at radius 1 is 0.703 bits per heavy atom. The molecule has 3 aromatic heterocycles. The molecule has 15 nitrogen and oxygen atoms in total. The first-order chi connectivity index (χ1) is 35.6. The molecule has 4 aliphatic rings. The third-order valence-corrected chi connectivity index (χ3v) is 14.6. The van der Waals surface area contributed by atoms with E-state index in [0.29, 0.717) is 47.0 Å². The molecule has 2 saturated heterocycles. The molecule has 1 amide bonds. The Kier molecular flexibility index (Phi) is 17.4. The zero-order valence-corrected chi connectivity index (χ0v) is 41.2. The number of alkyl halides is 6. The van der Waals surface area contributed by atoms with Crippen LogP contribution in [-0.2, 0) is 21.9 Å².